The molecule has 0 aliphatic heterocycles. The van der Waals surface area contributed by atoms with Gasteiger partial charge in [0.2, 0.25) is 0 Å². The second-order valence-electron chi connectivity index (χ2n) is 4.96. The van der Waals surface area contributed by atoms with E-state index in [0.29, 0.717) is 0 Å². The molecule has 2 heteroatoms. The highest BCUT2D eigenvalue weighted by atomic mass is 16.1. The molecule has 2 aromatic carbocycles. The van der Waals surface area contributed by atoms with Crippen LogP contribution in [0.1, 0.15) is 30.1 Å². The average molecular weight is 263 g/mol. The van der Waals surface area contributed by atoms with Crippen LogP contribution in [-0.2, 0) is 0 Å². The van der Waals surface area contributed by atoms with Crippen LogP contribution in [-0.4, -0.2) is 10.9 Å². The van der Waals surface area contributed by atoms with Crippen molar-refractivity contribution in [2.75, 3.05) is 0 Å². The molecule has 0 unspecified atom stereocenters. The fourth-order valence-electron chi connectivity index (χ4n) is 2.60. The fraction of sp³-hybridized carbons (Fsp3) is 0.167. The summed E-state index contributed by atoms with van der Waals surface area (Å²) in [5.74, 6) is 0. The molecule has 0 aliphatic rings. The molecule has 1 aromatic heterocycles. The lowest BCUT2D eigenvalue weighted by Crippen LogP contribution is -1.86. The van der Waals surface area contributed by atoms with Crippen molar-refractivity contribution in [2.45, 2.75) is 19.8 Å². The summed E-state index contributed by atoms with van der Waals surface area (Å²) in [7, 11) is 0. The molecule has 0 fully saturated rings. The SMILES string of the molecule is CCC/C=C/n1c2ccccc2c2cc(C=O)ccc21. The number of nitrogens with zero attached hydrogens (tertiary/aromatic N) is 1. The maximum Gasteiger partial charge on any atom is 0.150 e. The van der Waals surface area contributed by atoms with Crippen LogP contribution in [0.25, 0.3) is 28.0 Å². The second kappa shape index (κ2) is 5.33. The molecule has 3 rings (SSSR count). The summed E-state index contributed by atoms with van der Waals surface area (Å²) in [6.07, 6.45) is 7.44. The number of carbonyl (C=O) groups is 1. The molecule has 0 bridgehead atoms. The van der Waals surface area contributed by atoms with Gasteiger partial charge in [-0.25, -0.2) is 0 Å². The van der Waals surface area contributed by atoms with Crippen molar-refractivity contribution in [3.05, 3.63) is 54.1 Å². The van der Waals surface area contributed by atoms with E-state index in [-0.39, 0.29) is 0 Å². The van der Waals surface area contributed by atoms with Crippen LogP contribution in [0.5, 0.6) is 0 Å². The Kier molecular flexibility index (Phi) is 3.38. The number of hydrogen-bond donors (Lipinski definition) is 0. The standard InChI is InChI=1S/C18H17NO/c1-2-3-6-11-19-17-8-5-4-7-15(17)16-12-14(13-20)9-10-18(16)19/h4-13H,2-3H2,1H3/b11-6+. The van der Waals surface area contributed by atoms with Crippen LogP contribution in [0.2, 0.25) is 0 Å². The van der Waals surface area contributed by atoms with Crippen molar-refractivity contribution in [2.24, 2.45) is 0 Å². The van der Waals surface area contributed by atoms with E-state index in [4.69, 9.17) is 0 Å². The van der Waals surface area contributed by atoms with Gasteiger partial charge in [-0.1, -0.05) is 37.6 Å². The van der Waals surface area contributed by atoms with Crippen molar-refractivity contribution in [1.82, 2.24) is 4.57 Å². The van der Waals surface area contributed by atoms with E-state index in [1.165, 1.54) is 10.9 Å². The molecular weight excluding hydrogens is 246 g/mol. The van der Waals surface area contributed by atoms with Gasteiger partial charge in [0, 0.05) is 22.5 Å². The lowest BCUT2D eigenvalue weighted by molar-refractivity contribution is 0.112. The number of aldehydes is 1. The van der Waals surface area contributed by atoms with E-state index in [2.05, 4.69) is 35.9 Å². The zero-order valence-corrected chi connectivity index (χ0v) is 11.5. The van der Waals surface area contributed by atoms with E-state index < -0.39 is 0 Å². The Bertz CT molecular complexity index is 796. The van der Waals surface area contributed by atoms with Gasteiger partial charge < -0.3 is 4.57 Å². The molecule has 20 heavy (non-hydrogen) atoms. The Morgan fingerprint density at radius 1 is 1.05 bits per heavy atom. The third kappa shape index (κ3) is 2.03. The number of fused-ring (bicyclic) bond motifs is 3. The molecule has 100 valence electrons. The normalized spacial score (nSPS) is 11.7. The smallest absolute Gasteiger partial charge is 0.150 e. The summed E-state index contributed by atoms with van der Waals surface area (Å²) in [5.41, 5.74) is 3.04. The summed E-state index contributed by atoms with van der Waals surface area (Å²) in [6.45, 7) is 2.17. The number of carbonyl (C=O) groups excluding carboxylic acids is 1. The highest BCUT2D eigenvalue weighted by Crippen LogP contribution is 2.29. The zero-order chi connectivity index (χ0) is 13.9. The van der Waals surface area contributed by atoms with Crippen LogP contribution in [0.15, 0.2) is 48.5 Å². The minimum atomic E-state index is 0.720. The lowest BCUT2D eigenvalue weighted by Gasteiger charge is -2.00. The van der Waals surface area contributed by atoms with Gasteiger partial charge in [-0.05, 0) is 30.7 Å². The van der Waals surface area contributed by atoms with Crippen molar-refractivity contribution < 1.29 is 4.79 Å². The third-order valence-corrected chi connectivity index (χ3v) is 3.58. The van der Waals surface area contributed by atoms with Crippen molar-refractivity contribution in [3.8, 4) is 0 Å². The number of allylic oxidation sites excluding steroid dienone is 1. The maximum absolute atomic E-state index is 11.0. The molecular formula is C18H17NO. The average Bonchev–Trinajstić information content (AvgIpc) is 2.81. The van der Waals surface area contributed by atoms with Crippen molar-refractivity contribution in [3.63, 3.8) is 0 Å². The predicted octanol–water partition coefficient (Wildman–Crippen LogP) is 4.88. The third-order valence-electron chi connectivity index (χ3n) is 3.58. The lowest BCUT2D eigenvalue weighted by atomic mass is 10.1. The van der Waals surface area contributed by atoms with Gasteiger partial charge in [-0.15, -0.1) is 0 Å². The number of unbranched alkanes of at least 4 members (excludes halogenated alkanes) is 1. The molecule has 0 amide bonds. The number of rotatable bonds is 4. The fourth-order valence-corrected chi connectivity index (χ4v) is 2.60. The van der Waals surface area contributed by atoms with Gasteiger partial charge in [-0.3, -0.25) is 4.79 Å². The summed E-state index contributed by atoms with van der Waals surface area (Å²) in [4.78, 5) is 11.0. The first kappa shape index (κ1) is 12.7. The van der Waals surface area contributed by atoms with E-state index in [9.17, 15) is 4.79 Å². The quantitative estimate of drug-likeness (QED) is 0.615. The van der Waals surface area contributed by atoms with Gasteiger partial charge in [0.25, 0.3) is 0 Å². The molecule has 0 saturated carbocycles. The molecule has 0 atom stereocenters. The summed E-state index contributed by atoms with van der Waals surface area (Å²) in [6, 6.07) is 14.2. The number of hydrogen-bond acceptors (Lipinski definition) is 1. The highest BCUT2D eigenvalue weighted by Gasteiger charge is 2.08. The molecule has 0 saturated heterocycles. The first-order valence-corrected chi connectivity index (χ1v) is 6.99. The van der Waals surface area contributed by atoms with E-state index in [1.807, 2.05) is 30.3 Å². The summed E-state index contributed by atoms with van der Waals surface area (Å²) >= 11 is 0. The van der Waals surface area contributed by atoms with Gasteiger partial charge >= 0.3 is 0 Å². The molecule has 0 radical (unpaired) electrons. The Balaban J connectivity index is 2.32. The molecule has 1 heterocycles. The molecule has 3 aromatic rings. The molecule has 0 N–H and O–H groups in total. The predicted molar refractivity (Wildman–Crippen MR) is 85.1 cm³/mol. The summed E-state index contributed by atoms with van der Waals surface area (Å²) in [5, 5.41) is 2.32. The van der Waals surface area contributed by atoms with Gasteiger partial charge in [0.15, 0.2) is 0 Å². The minimum Gasteiger partial charge on any atom is -0.316 e. The van der Waals surface area contributed by atoms with Crippen molar-refractivity contribution in [1.29, 1.82) is 0 Å². The van der Waals surface area contributed by atoms with E-state index in [1.54, 1.807) is 0 Å². The maximum atomic E-state index is 11.0. The van der Waals surface area contributed by atoms with Gasteiger partial charge in [-0.2, -0.15) is 0 Å². The van der Waals surface area contributed by atoms with Crippen LogP contribution in [0.4, 0.5) is 0 Å². The first-order valence-electron chi connectivity index (χ1n) is 6.99. The van der Waals surface area contributed by atoms with Gasteiger partial charge in [0.05, 0.1) is 11.0 Å². The number of aromatic nitrogens is 1. The zero-order valence-electron chi connectivity index (χ0n) is 11.5. The topological polar surface area (TPSA) is 22.0 Å². The second-order valence-corrected chi connectivity index (χ2v) is 4.96. The molecule has 2 nitrogen and oxygen atoms in total. The molecule has 0 aliphatic carbocycles. The monoisotopic (exact) mass is 263 g/mol. The highest BCUT2D eigenvalue weighted by molar-refractivity contribution is 6.10. The van der Waals surface area contributed by atoms with Gasteiger partial charge in [0.1, 0.15) is 6.29 Å². The minimum absolute atomic E-state index is 0.720. The number of para-hydroxylation sites is 1. The Labute approximate surface area is 118 Å². The Hall–Kier alpha value is -2.35. The van der Waals surface area contributed by atoms with Crippen LogP contribution < -0.4 is 0 Å². The van der Waals surface area contributed by atoms with Crippen molar-refractivity contribution >= 4 is 34.3 Å². The van der Waals surface area contributed by atoms with Crippen LogP contribution >= 0.6 is 0 Å². The number of benzene rings is 2. The first-order chi connectivity index (χ1) is 9.85. The molecule has 0 spiro atoms. The largest absolute Gasteiger partial charge is 0.316 e. The Morgan fingerprint density at radius 2 is 1.85 bits per heavy atom. The van der Waals surface area contributed by atoms with Crippen LogP contribution in [0, 0.1) is 0 Å². The Morgan fingerprint density at radius 3 is 2.65 bits per heavy atom. The summed E-state index contributed by atoms with van der Waals surface area (Å²) < 4.78 is 2.20. The van der Waals surface area contributed by atoms with E-state index in [0.717, 1.165) is 35.6 Å². The van der Waals surface area contributed by atoms with Crippen LogP contribution in [0.3, 0.4) is 0 Å². The van der Waals surface area contributed by atoms with E-state index >= 15 is 0 Å².